The molecule has 0 saturated heterocycles. The Bertz CT molecular complexity index is 577. The summed E-state index contributed by atoms with van der Waals surface area (Å²) < 4.78 is 5.16. The molecular weight excluding hydrogens is 244 g/mol. The van der Waals surface area contributed by atoms with Crippen LogP contribution in [0.25, 0.3) is 11.0 Å². The van der Waals surface area contributed by atoms with Gasteiger partial charge in [-0.25, -0.2) is 0 Å². The van der Waals surface area contributed by atoms with Crippen LogP contribution >= 0.6 is 0 Å². The van der Waals surface area contributed by atoms with Gasteiger partial charge in [0.2, 0.25) is 5.91 Å². The highest BCUT2D eigenvalue weighted by molar-refractivity contribution is 5.86. The second kappa shape index (κ2) is 6.15. The first kappa shape index (κ1) is 13.3. The molecule has 19 heavy (non-hydrogen) atoms. The van der Waals surface area contributed by atoms with Gasteiger partial charge in [0.25, 0.3) is 0 Å². The van der Waals surface area contributed by atoms with Crippen LogP contribution in [0.3, 0.4) is 0 Å². The summed E-state index contributed by atoms with van der Waals surface area (Å²) in [6.45, 7) is 4.24. The van der Waals surface area contributed by atoms with Crippen LogP contribution in [0.4, 0.5) is 0 Å². The number of carbonyl (C=O) groups excluding carboxylic acids is 1. The van der Waals surface area contributed by atoms with Crippen LogP contribution in [0.15, 0.2) is 41.4 Å². The fourth-order valence-electron chi connectivity index (χ4n) is 1.91. The van der Waals surface area contributed by atoms with E-state index in [0.29, 0.717) is 24.4 Å². The molecule has 5 heteroatoms. The van der Waals surface area contributed by atoms with E-state index in [2.05, 4.69) is 11.7 Å². The molecule has 1 heterocycles. The predicted molar refractivity (Wildman–Crippen MR) is 71.6 cm³/mol. The Morgan fingerprint density at radius 2 is 2.26 bits per heavy atom. The first-order valence-corrected chi connectivity index (χ1v) is 6.09. The number of nitrogens with zero attached hydrogens (tertiary/aromatic N) is 2. The molecule has 2 rings (SSSR count). The van der Waals surface area contributed by atoms with Crippen LogP contribution in [0.5, 0.6) is 0 Å². The molecule has 5 nitrogen and oxygen atoms in total. The van der Waals surface area contributed by atoms with Crippen molar-refractivity contribution < 1.29 is 14.4 Å². The van der Waals surface area contributed by atoms with Gasteiger partial charge in [0.1, 0.15) is 5.69 Å². The highest BCUT2D eigenvalue weighted by Gasteiger charge is 2.16. The number of benzene rings is 1. The number of aliphatic hydroxyl groups is 1. The molecule has 0 aliphatic carbocycles. The molecule has 0 unspecified atom stereocenters. The van der Waals surface area contributed by atoms with Crippen molar-refractivity contribution in [2.45, 2.75) is 6.42 Å². The van der Waals surface area contributed by atoms with Crippen molar-refractivity contribution in [3.8, 4) is 0 Å². The van der Waals surface area contributed by atoms with E-state index >= 15 is 0 Å². The number of hydrogen-bond acceptors (Lipinski definition) is 4. The molecule has 2 aromatic rings. The first-order valence-electron chi connectivity index (χ1n) is 6.09. The lowest BCUT2D eigenvalue weighted by atomic mass is 10.1. The van der Waals surface area contributed by atoms with Gasteiger partial charge in [-0.1, -0.05) is 23.4 Å². The zero-order chi connectivity index (χ0) is 13.7. The molecular formula is C14H16N2O3. The number of hydrogen-bond donors (Lipinski definition) is 1. The highest BCUT2D eigenvalue weighted by Crippen LogP contribution is 2.18. The van der Waals surface area contributed by atoms with Crippen molar-refractivity contribution in [2.24, 2.45) is 0 Å². The second-order valence-electron chi connectivity index (χ2n) is 4.15. The minimum Gasteiger partial charge on any atom is -0.395 e. The van der Waals surface area contributed by atoms with E-state index in [-0.39, 0.29) is 18.9 Å². The molecule has 0 radical (unpaired) electrons. The van der Waals surface area contributed by atoms with Gasteiger partial charge < -0.3 is 14.5 Å². The van der Waals surface area contributed by atoms with E-state index < -0.39 is 0 Å². The molecule has 1 N–H and O–H groups in total. The Labute approximate surface area is 111 Å². The summed E-state index contributed by atoms with van der Waals surface area (Å²) in [4.78, 5) is 13.7. The van der Waals surface area contributed by atoms with Crippen LogP contribution in [-0.4, -0.2) is 40.8 Å². The van der Waals surface area contributed by atoms with E-state index in [1.54, 1.807) is 6.08 Å². The topological polar surface area (TPSA) is 66.6 Å². The maximum atomic E-state index is 12.1. The Morgan fingerprint density at radius 1 is 1.47 bits per heavy atom. The third-order valence-electron chi connectivity index (χ3n) is 2.84. The maximum Gasteiger partial charge on any atom is 0.229 e. The summed E-state index contributed by atoms with van der Waals surface area (Å²) in [5.41, 5.74) is 1.29. The lowest BCUT2D eigenvalue weighted by Gasteiger charge is -2.19. The largest absolute Gasteiger partial charge is 0.395 e. The molecule has 0 fully saturated rings. The standard InChI is InChI=1S/C14H16N2O3/c1-2-7-16(8-9-17)14(18)10-12-11-5-3-4-6-13(11)19-15-12/h2-6,17H,1,7-10H2. The van der Waals surface area contributed by atoms with E-state index in [1.165, 1.54) is 4.90 Å². The lowest BCUT2D eigenvalue weighted by Crippen LogP contribution is -2.34. The Hall–Kier alpha value is -2.14. The Morgan fingerprint density at radius 3 is 3.00 bits per heavy atom. The normalized spacial score (nSPS) is 10.6. The van der Waals surface area contributed by atoms with Crippen molar-refractivity contribution in [2.75, 3.05) is 19.7 Å². The van der Waals surface area contributed by atoms with Crippen LogP contribution in [0.1, 0.15) is 5.69 Å². The van der Waals surface area contributed by atoms with Gasteiger partial charge in [0.15, 0.2) is 5.58 Å². The summed E-state index contributed by atoms with van der Waals surface area (Å²) >= 11 is 0. The average Bonchev–Trinajstić information content (AvgIpc) is 2.82. The predicted octanol–water partition coefficient (Wildman–Crippen LogP) is 1.38. The van der Waals surface area contributed by atoms with Gasteiger partial charge in [0.05, 0.1) is 13.0 Å². The molecule has 1 aromatic carbocycles. The number of carbonyl (C=O) groups is 1. The number of rotatable bonds is 6. The second-order valence-corrected chi connectivity index (χ2v) is 4.15. The van der Waals surface area contributed by atoms with Gasteiger partial charge in [-0.2, -0.15) is 0 Å². The zero-order valence-electron chi connectivity index (χ0n) is 10.6. The fourth-order valence-corrected chi connectivity index (χ4v) is 1.91. The van der Waals surface area contributed by atoms with Crippen molar-refractivity contribution in [1.82, 2.24) is 10.1 Å². The number of para-hydroxylation sites is 1. The van der Waals surface area contributed by atoms with Crippen LogP contribution < -0.4 is 0 Å². The lowest BCUT2D eigenvalue weighted by molar-refractivity contribution is -0.130. The summed E-state index contributed by atoms with van der Waals surface area (Å²) in [6, 6.07) is 7.42. The minimum atomic E-state index is -0.104. The molecule has 0 bridgehead atoms. The van der Waals surface area contributed by atoms with Crippen molar-refractivity contribution in [3.63, 3.8) is 0 Å². The summed E-state index contributed by atoms with van der Waals surface area (Å²) in [5.74, 6) is -0.104. The van der Waals surface area contributed by atoms with E-state index in [1.807, 2.05) is 24.3 Å². The van der Waals surface area contributed by atoms with Gasteiger partial charge in [0, 0.05) is 18.5 Å². The number of fused-ring (bicyclic) bond motifs is 1. The fraction of sp³-hybridized carbons (Fsp3) is 0.286. The van der Waals surface area contributed by atoms with Crippen molar-refractivity contribution >= 4 is 16.9 Å². The van der Waals surface area contributed by atoms with Gasteiger partial charge in [-0.05, 0) is 12.1 Å². The highest BCUT2D eigenvalue weighted by atomic mass is 16.5. The molecule has 0 saturated carbocycles. The summed E-state index contributed by atoms with van der Waals surface area (Å²) in [6.07, 6.45) is 1.79. The monoisotopic (exact) mass is 260 g/mol. The molecule has 0 aliphatic heterocycles. The first-order chi connectivity index (χ1) is 9.26. The molecule has 0 aliphatic rings. The molecule has 0 spiro atoms. The number of aromatic nitrogens is 1. The third kappa shape index (κ3) is 3.00. The maximum absolute atomic E-state index is 12.1. The van der Waals surface area contributed by atoms with Crippen molar-refractivity contribution in [1.29, 1.82) is 0 Å². The summed E-state index contributed by atoms with van der Waals surface area (Å²) in [5, 5.41) is 13.7. The average molecular weight is 260 g/mol. The van der Waals surface area contributed by atoms with Gasteiger partial charge >= 0.3 is 0 Å². The van der Waals surface area contributed by atoms with Gasteiger partial charge in [-0.3, -0.25) is 4.79 Å². The van der Waals surface area contributed by atoms with Crippen LogP contribution in [0, 0.1) is 0 Å². The third-order valence-corrected chi connectivity index (χ3v) is 2.84. The van der Waals surface area contributed by atoms with E-state index in [9.17, 15) is 4.79 Å². The smallest absolute Gasteiger partial charge is 0.229 e. The molecule has 0 atom stereocenters. The minimum absolute atomic E-state index is 0.0703. The van der Waals surface area contributed by atoms with Crippen LogP contribution in [0.2, 0.25) is 0 Å². The van der Waals surface area contributed by atoms with Crippen LogP contribution in [-0.2, 0) is 11.2 Å². The van der Waals surface area contributed by atoms with E-state index in [4.69, 9.17) is 9.63 Å². The molecule has 1 amide bonds. The quantitative estimate of drug-likeness (QED) is 0.797. The zero-order valence-corrected chi connectivity index (χ0v) is 10.6. The SMILES string of the molecule is C=CCN(CCO)C(=O)Cc1noc2ccccc12. The van der Waals surface area contributed by atoms with Gasteiger partial charge in [-0.15, -0.1) is 6.58 Å². The van der Waals surface area contributed by atoms with E-state index in [0.717, 1.165) is 5.39 Å². The summed E-state index contributed by atoms with van der Waals surface area (Å²) in [7, 11) is 0. The molecule has 100 valence electrons. The number of amides is 1. The Kier molecular flexibility index (Phi) is 4.30. The number of aliphatic hydroxyl groups excluding tert-OH is 1. The molecule has 1 aromatic heterocycles. The Balaban J connectivity index is 2.15. The van der Waals surface area contributed by atoms with Crippen molar-refractivity contribution in [3.05, 3.63) is 42.6 Å².